The van der Waals surface area contributed by atoms with Gasteiger partial charge in [0.25, 0.3) is 0 Å². The van der Waals surface area contributed by atoms with E-state index >= 15 is 0 Å². The van der Waals surface area contributed by atoms with Crippen LogP contribution < -0.4 is 10.6 Å². The summed E-state index contributed by atoms with van der Waals surface area (Å²) in [6.45, 7) is 0.860. The number of rotatable bonds is 6. The van der Waals surface area contributed by atoms with E-state index in [1.54, 1.807) is 18.2 Å². The highest BCUT2D eigenvalue weighted by molar-refractivity contribution is 6.36. The number of nitrogen functional groups attached to an aromatic ring is 1. The molecule has 22 heavy (non-hydrogen) atoms. The number of nitrogens with zero attached hydrogens (tertiary/aromatic N) is 1. The van der Waals surface area contributed by atoms with Crippen LogP contribution in [0.15, 0.2) is 36.4 Å². The van der Waals surface area contributed by atoms with Crippen molar-refractivity contribution in [2.45, 2.75) is 0 Å². The van der Waals surface area contributed by atoms with Gasteiger partial charge in [-0.05, 0) is 30.3 Å². The van der Waals surface area contributed by atoms with Crippen LogP contribution in [0.5, 0.6) is 0 Å². The van der Waals surface area contributed by atoms with Crippen LogP contribution in [0.2, 0.25) is 10.0 Å². The lowest BCUT2D eigenvalue weighted by Gasteiger charge is -2.24. The quantitative estimate of drug-likeness (QED) is 0.707. The van der Waals surface area contributed by atoms with Gasteiger partial charge >= 0.3 is 0 Å². The van der Waals surface area contributed by atoms with E-state index in [-0.39, 0.29) is 13.2 Å². The summed E-state index contributed by atoms with van der Waals surface area (Å²) < 4.78 is 0. The van der Waals surface area contributed by atoms with E-state index in [0.29, 0.717) is 28.8 Å². The largest absolute Gasteiger partial charge is 0.398 e. The fourth-order valence-electron chi connectivity index (χ4n) is 2.29. The van der Waals surface area contributed by atoms with Crippen LogP contribution in [-0.2, 0) is 0 Å². The molecule has 0 aromatic heterocycles. The molecule has 118 valence electrons. The van der Waals surface area contributed by atoms with Gasteiger partial charge in [-0.25, -0.2) is 0 Å². The van der Waals surface area contributed by atoms with Crippen molar-refractivity contribution in [1.29, 1.82) is 0 Å². The third-order valence-corrected chi connectivity index (χ3v) is 3.91. The van der Waals surface area contributed by atoms with Crippen LogP contribution in [0.4, 0.5) is 11.4 Å². The molecule has 0 spiro atoms. The normalized spacial score (nSPS) is 10.7. The number of hydrogen-bond donors (Lipinski definition) is 3. The molecular formula is C16H18Cl2N2O2. The molecule has 0 aliphatic rings. The monoisotopic (exact) mass is 340 g/mol. The first-order valence-electron chi connectivity index (χ1n) is 6.88. The van der Waals surface area contributed by atoms with Gasteiger partial charge in [0.15, 0.2) is 0 Å². The number of benzene rings is 2. The first-order chi connectivity index (χ1) is 10.6. The molecule has 6 heteroatoms. The summed E-state index contributed by atoms with van der Waals surface area (Å²) in [5.41, 5.74) is 9.11. The summed E-state index contributed by atoms with van der Waals surface area (Å²) in [6, 6.07) is 10.8. The van der Waals surface area contributed by atoms with E-state index in [1.807, 2.05) is 23.1 Å². The zero-order valence-corrected chi connectivity index (χ0v) is 13.5. The zero-order valence-electron chi connectivity index (χ0n) is 12.0. The summed E-state index contributed by atoms with van der Waals surface area (Å²) in [4.78, 5) is 1.88. The summed E-state index contributed by atoms with van der Waals surface area (Å²) in [5.74, 6) is 0. The summed E-state index contributed by atoms with van der Waals surface area (Å²) in [6.07, 6.45) is 0. The van der Waals surface area contributed by atoms with Crippen molar-refractivity contribution in [2.75, 3.05) is 36.9 Å². The molecule has 0 unspecified atom stereocenters. The predicted molar refractivity (Wildman–Crippen MR) is 92.7 cm³/mol. The van der Waals surface area contributed by atoms with Gasteiger partial charge in [0.2, 0.25) is 0 Å². The van der Waals surface area contributed by atoms with Crippen molar-refractivity contribution in [2.24, 2.45) is 0 Å². The highest BCUT2D eigenvalue weighted by Gasteiger charge is 2.12. The Kier molecular flexibility index (Phi) is 5.91. The number of hydrogen-bond acceptors (Lipinski definition) is 4. The fourth-order valence-corrected chi connectivity index (χ4v) is 2.80. The minimum absolute atomic E-state index is 0.00140. The number of aliphatic hydroxyl groups excluding tert-OH is 2. The average Bonchev–Trinajstić information content (AvgIpc) is 2.48. The summed E-state index contributed by atoms with van der Waals surface area (Å²) >= 11 is 12.2. The molecule has 0 bridgehead atoms. The van der Waals surface area contributed by atoms with Crippen LogP contribution >= 0.6 is 23.2 Å². The van der Waals surface area contributed by atoms with Gasteiger partial charge in [0.1, 0.15) is 0 Å². The molecule has 4 nitrogen and oxygen atoms in total. The molecular weight excluding hydrogens is 323 g/mol. The van der Waals surface area contributed by atoms with Crippen molar-refractivity contribution in [3.8, 4) is 11.1 Å². The molecule has 0 aliphatic carbocycles. The third kappa shape index (κ3) is 3.84. The molecule has 0 aliphatic heterocycles. The van der Waals surface area contributed by atoms with Crippen LogP contribution in [0.3, 0.4) is 0 Å². The maximum Gasteiger partial charge on any atom is 0.0606 e. The second-order valence-electron chi connectivity index (χ2n) is 4.83. The van der Waals surface area contributed by atoms with Crippen LogP contribution in [-0.4, -0.2) is 36.5 Å². The molecule has 4 N–H and O–H groups in total. The number of halogens is 2. The predicted octanol–water partition coefficient (Wildman–Crippen LogP) is 3.03. The molecule has 0 fully saturated rings. The van der Waals surface area contributed by atoms with Crippen molar-refractivity contribution in [3.05, 3.63) is 46.4 Å². The molecule has 2 aromatic rings. The van der Waals surface area contributed by atoms with E-state index < -0.39 is 0 Å². The van der Waals surface area contributed by atoms with Crippen molar-refractivity contribution in [1.82, 2.24) is 0 Å². The maximum atomic E-state index is 9.16. The lowest BCUT2D eigenvalue weighted by molar-refractivity contribution is 0.281. The number of nitrogens with two attached hydrogens (primary N) is 1. The summed E-state index contributed by atoms with van der Waals surface area (Å²) in [5, 5.41) is 19.4. The summed E-state index contributed by atoms with van der Waals surface area (Å²) in [7, 11) is 0. The van der Waals surface area contributed by atoms with Gasteiger partial charge < -0.3 is 20.8 Å². The van der Waals surface area contributed by atoms with Crippen LogP contribution in [0.25, 0.3) is 11.1 Å². The Labute approximate surface area is 139 Å². The Balaban J connectivity index is 2.45. The van der Waals surface area contributed by atoms with Crippen molar-refractivity contribution in [3.63, 3.8) is 0 Å². The van der Waals surface area contributed by atoms with E-state index in [9.17, 15) is 0 Å². The van der Waals surface area contributed by atoms with Gasteiger partial charge in [-0.3, -0.25) is 0 Å². The van der Waals surface area contributed by atoms with Gasteiger partial charge in [-0.2, -0.15) is 0 Å². The molecule has 0 saturated heterocycles. The SMILES string of the molecule is Nc1ccc(N(CCO)CCO)cc1-c1ccc(Cl)cc1Cl. The first kappa shape index (κ1) is 16.9. The Bertz CT molecular complexity index is 644. The molecule has 0 saturated carbocycles. The molecule has 0 amide bonds. The van der Waals surface area contributed by atoms with E-state index in [1.165, 1.54) is 0 Å². The minimum Gasteiger partial charge on any atom is -0.398 e. The second kappa shape index (κ2) is 7.70. The molecule has 0 atom stereocenters. The number of aliphatic hydroxyl groups is 2. The Morgan fingerprint density at radius 2 is 1.59 bits per heavy atom. The molecule has 0 radical (unpaired) electrons. The Hall–Kier alpha value is -1.46. The smallest absolute Gasteiger partial charge is 0.0606 e. The molecule has 2 rings (SSSR count). The third-order valence-electron chi connectivity index (χ3n) is 3.36. The molecule has 2 aromatic carbocycles. The lowest BCUT2D eigenvalue weighted by Crippen LogP contribution is -2.29. The van der Waals surface area contributed by atoms with Crippen LogP contribution in [0.1, 0.15) is 0 Å². The highest BCUT2D eigenvalue weighted by Crippen LogP contribution is 2.36. The Morgan fingerprint density at radius 3 is 2.18 bits per heavy atom. The molecule has 0 heterocycles. The number of anilines is 2. The highest BCUT2D eigenvalue weighted by atomic mass is 35.5. The van der Waals surface area contributed by atoms with Crippen molar-refractivity contribution >= 4 is 34.6 Å². The van der Waals surface area contributed by atoms with Gasteiger partial charge in [0.05, 0.1) is 13.2 Å². The average molecular weight is 341 g/mol. The fraction of sp³-hybridized carbons (Fsp3) is 0.250. The minimum atomic E-state index is 0.00140. The van der Waals surface area contributed by atoms with Crippen molar-refractivity contribution < 1.29 is 10.2 Å². The van der Waals surface area contributed by atoms with E-state index in [4.69, 9.17) is 39.1 Å². The zero-order chi connectivity index (χ0) is 16.1. The second-order valence-corrected chi connectivity index (χ2v) is 5.67. The van der Waals surface area contributed by atoms with Crippen LogP contribution in [0, 0.1) is 0 Å². The van der Waals surface area contributed by atoms with E-state index in [0.717, 1.165) is 16.8 Å². The van der Waals surface area contributed by atoms with Gasteiger partial charge in [-0.1, -0.05) is 29.3 Å². The van der Waals surface area contributed by atoms with E-state index in [2.05, 4.69) is 0 Å². The standard InChI is InChI=1S/C16H18Cl2N2O2/c17-11-1-3-13(15(18)9-11)14-10-12(2-4-16(14)19)20(5-7-21)6-8-22/h1-4,9-10,21-22H,5-8,19H2. The first-order valence-corrected chi connectivity index (χ1v) is 7.64. The topological polar surface area (TPSA) is 69.7 Å². The maximum absolute atomic E-state index is 9.16. The van der Waals surface area contributed by atoms with Gasteiger partial charge in [-0.15, -0.1) is 0 Å². The van der Waals surface area contributed by atoms with Gasteiger partial charge in [0, 0.05) is 45.6 Å². The Morgan fingerprint density at radius 1 is 0.909 bits per heavy atom. The lowest BCUT2D eigenvalue weighted by atomic mass is 10.0.